The summed E-state index contributed by atoms with van der Waals surface area (Å²) in [5.74, 6) is 0.531. The predicted octanol–water partition coefficient (Wildman–Crippen LogP) is 5.34. The van der Waals surface area contributed by atoms with E-state index in [1.807, 2.05) is 12.1 Å². The molecule has 0 saturated heterocycles. The van der Waals surface area contributed by atoms with Crippen LogP contribution in [0, 0.1) is 0 Å². The van der Waals surface area contributed by atoms with Crippen molar-refractivity contribution in [2.75, 3.05) is 6.54 Å². The third-order valence-electron chi connectivity index (χ3n) is 2.94. The average Bonchev–Trinajstić information content (AvgIpc) is 2.48. The molecule has 0 aromatic heterocycles. The first-order valence-corrected chi connectivity index (χ1v) is 7.79. The van der Waals surface area contributed by atoms with Crippen LogP contribution >= 0.6 is 34.8 Å². The molecule has 112 valence electrons. The molecule has 0 fully saturated rings. The molecule has 0 saturated carbocycles. The molecular formula is C16H16Cl3NO. The quantitative estimate of drug-likeness (QED) is 0.715. The van der Waals surface area contributed by atoms with Crippen LogP contribution in [0.25, 0.3) is 0 Å². The number of ether oxygens (including phenoxy) is 1. The maximum Gasteiger partial charge on any atom is 0.139 e. The zero-order chi connectivity index (χ0) is 15.2. The summed E-state index contributed by atoms with van der Waals surface area (Å²) in [6.07, 6.45) is 0. The minimum atomic E-state index is 0.418. The number of hydrogen-bond acceptors (Lipinski definition) is 2. The van der Waals surface area contributed by atoms with Gasteiger partial charge in [-0.25, -0.2) is 0 Å². The van der Waals surface area contributed by atoms with Gasteiger partial charge < -0.3 is 10.1 Å². The lowest BCUT2D eigenvalue weighted by Crippen LogP contribution is -2.11. The minimum absolute atomic E-state index is 0.418. The summed E-state index contributed by atoms with van der Waals surface area (Å²) < 4.78 is 5.72. The molecule has 5 heteroatoms. The van der Waals surface area contributed by atoms with Crippen molar-refractivity contribution in [1.82, 2.24) is 5.32 Å². The van der Waals surface area contributed by atoms with Gasteiger partial charge in [0.1, 0.15) is 12.4 Å². The van der Waals surface area contributed by atoms with Crippen LogP contribution in [-0.4, -0.2) is 6.54 Å². The van der Waals surface area contributed by atoms with E-state index in [0.717, 1.165) is 18.7 Å². The third-order valence-corrected chi connectivity index (χ3v) is 3.96. The summed E-state index contributed by atoms with van der Waals surface area (Å²) in [7, 11) is 0. The maximum atomic E-state index is 6.09. The van der Waals surface area contributed by atoms with Crippen LogP contribution in [0.1, 0.15) is 18.1 Å². The third kappa shape index (κ3) is 4.79. The van der Waals surface area contributed by atoms with Gasteiger partial charge in [-0.05, 0) is 23.7 Å². The van der Waals surface area contributed by atoms with Crippen molar-refractivity contribution in [3.05, 3.63) is 62.6 Å². The van der Waals surface area contributed by atoms with E-state index >= 15 is 0 Å². The van der Waals surface area contributed by atoms with Gasteiger partial charge in [0.2, 0.25) is 0 Å². The Morgan fingerprint density at radius 1 is 0.952 bits per heavy atom. The fraction of sp³-hybridized carbons (Fsp3) is 0.250. The molecular weight excluding hydrogens is 329 g/mol. The minimum Gasteiger partial charge on any atom is -0.487 e. The first-order chi connectivity index (χ1) is 10.1. The van der Waals surface area contributed by atoms with E-state index in [-0.39, 0.29) is 0 Å². The zero-order valence-electron chi connectivity index (χ0n) is 11.6. The fourth-order valence-corrected chi connectivity index (χ4v) is 2.47. The van der Waals surface area contributed by atoms with E-state index in [1.165, 1.54) is 5.56 Å². The van der Waals surface area contributed by atoms with Crippen molar-refractivity contribution < 1.29 is 4.74 Å². The summed E-state index contributed by atoms with van der Waals surface area (Å²) in [4.78, 5) is 0. The molecule has 0 bridgehead atoms. The van der Waals surface area contributed by atoms with Crippen molar-refractivity contribution in [3.63, 3.8) is 0 Å². The van der Waals surface area contributed by atoms with Crippen LogP contribution in [0.15, 0.2) is 36.4 Å². The van der Waals surface area contributed by atoms with Crippen molar-refractivity contribution in [2.45, 2.75) is 20.1 Å². The normalized spacial score (nSPS) is 10.7. The second-order valence-corrected chi connectivity index (χ2v) is 5.81. The average molecular weight is 345 g/mol. The first kappa shape index (κ1) is 16.4. The SMILES string of the molecule is CCNCc1cccc(COc2cc(Cl)c(Cl)cc2Cl)c1. The summed E-state index contributed by atoms with van der Waals surface area (Å²) in [6.45, 7) is 4.30. The molecule has 0 amide bonds. The predicted molar refractivity (Wildman–Crippen MR) is 89.6 cm³/mol. The van der Waals surface area contributed by atoms with Crippen LogP contribution in [0.4, 0.5) is 0 Å². The molecule has 0 aliphatic rings. The molecule has 0 aliphatic heterocycles. The zero-order valence-corrected chi connectivity index (χ0v) is 13.9. The highest BCUT2D eigenvalue weighted by atomic mass is 35.5. The number of rotatable bonds is 6. The van der Waals surface area contributed by atoms with E-state index in [2.05, 4.69) is 24.4 Å². The van der Waals surface area contributed by atoms with Gasteiger partial charge in [-0.15, -0.1) is 0 Å². The molecule has 0 radical (unpaired) electrons. The van der Waals surface area contributed by atoms with Crippen molar-refractivity contribution >= 4 is 34.8 Å². The molecule has 21 heavy (non-hydrogen) atoms. The lowest BCUT2D eigenvalue weighted by atomic mass is 10.1. The standard InChI is InChI=1S/C16H16Cl3NO/c1-2-20-9-11-4-3-5-12(6-11)10-21-16-8-14(18)13(17)7-15(16)19/h3-8,20H,2,9-10H2,1H3. The monoisotopic (exact) mass is 343 g/mol. The number of halogens is 3. The highest BCUT2D eigenvalue weighted by Crippen LogP contribution is 2.34. The van der Waals surface area contributed by atoms with Crippen LogP contribution < -0.4 is 10.1 Å². The molecule has 2 aromatic rings. The molecule has 0 heterocycles. The second-order valence-electron chi connectivity index (χ2n) is 4.59. The maximum absolute atomic E-state index is 6.09. The molecule has 2 aromatic carbocycles. The van der Waals surface area contributed by atoms with Gasteiger partial charge in [0, 0.05) is 12.6 Å². The Bertz CT molecular complexity index is 616. The van der Waals surface area contributed by atoms with Crippen molar-refractivity contribution in [3.8, 4) is 5.75 Å². The molecule has 0 atom stereocenters. The topological polar surface area (TPSA) is 21.3 Å². The van der Waals surface area contributed by atoms with Gasteiger partial charge in [-0.3, -0.25) is 0 Å². The van der Waals surface area contributed by atoms with Gasteiger partial charge in [-0.2, -0.15) is 0 Å². The summed E-state index contributed by atoms with van der Waals surface area (Å²) in [6, 6.07) is 11.4. The molecule has 0 spiro atoms. The molecule has 1 N–H and O–H groups in total. The van der Waals surface area contributed by atoms with Gasteiger partial charge in [-0.1, -0.05) is 66.0 Å². The number of hydrogen-bond donors (Lipinski definition) is 1. The second kappa shape index (κ2) is 7.90. The van der Waals surface area contributed by atoms with Gasteiger partial charge >= 0.3 is 0 Å². The molecule has 0 unspecified atom stereocenters. The fourth-order valence-electron chi connectivity index (χ4n) is 1.87. The first-order valence-electron chi connectivity index (χ1n) is 6.66. The van der Waals surface area contributed by atoms with Crippen LogP contribution in [0.2, 0.25) is 15.1 Å². The smallest absolute Gasteiger partial charge is 0.139 e. The van der Waals surface area contributed by atoms with E-state index in [1.54, 1.807) is 12.1 Å². The molecule has 2 nitrogen and oxygen atoms in total. The van der Waals surface area contributed by atoms with E-state index in [9.17, 15) is 0 Å². The van der Waals surface area contributed by atoms with Crippen LogP contribution in [0.3, 0.4) is 0 Å². The van der Waals surface area contributed by atoms with Crippen LogP contribution in [0.5, 0.6) is 5.75 Å². The van der Waals surface area contributed by atoms with Crippen LogP contribution in [-0.2, 0) is 13.2 Å². The van der Waals surface area contributed by atoms with Gasteiger partial charge in [0.05, 0.1) is 15.1 Å². The Morgan fingerprint density at radius 3 is 2.43 bits per heavy atom. The summed E-state index contributed by atoms with van der Waals surface area (Å²) in [5, 5.41) is 4.59. The molecule has 2 rings (SSSR count). The van der Waals surface area contributed by atoms with E-state index < -0.39 is 0 Å². The van der Waals surface area contributed by atoms with E-state index in [4.69, 9.17) is 39.5 Å². The Morgan fingerprint density at radius 2 is 1.67 bits per heavy atom. The van der Waals surface area contributed by atoms with E-state index in [0.29, 0.717) is 27.4 Å². The molecule has 0 aliphatic carbocycles. The van der Waals surface area contributed by atoms with Crippen molar-refractivity contribution in [1.29, 1.82) is 0 Å². The van der Waals surface area contributed by atoms with Gasteiger partial charge in [0.15, 0.2) is 0 Å². The largest absolute Gasteiger partial charge is 0.487 e. The van der Waals surface area contributed by atoms with Crippen molar-refractivity contribution in [2.24, 2.45) is 0 Å². The lowest BCUT2D eigenvalue weighted by molar-refractivity contribution is 0.306. The highest BCUT2D eigenvalue weighted by molar-refractivity contribution is 6.43. The Hall–Kier alpha value is -0.930. The summed E-state index contributed by atoms with van der Waals surface area (Å²) in [5.41, 5.74) is 2.30. The number of nitrogens with one attached hydrogen (secondary N) is 1. The van der Waals surface area contributed by atoms with Gasteiger partial charge in [0.25, 0.3) is 0 Å². The summed E-state index contributed by atoms with van der Waals surface area (Å²) >= 11 is 18.0. The Kier molecular flexibility index (Phi) is 6.19. The Balaban J connectivity index is 2.04. The highest BCUT2D eigenvalue weighted by Gasteiger charge is 2.07. The number of benzene rings is 2. The lowest BCUT2D eigenvalue weighted by Gasteiger charge is -2.10. The Labute approximate surface area is 140 Å².